The average Bonchev–Trinajstić information content (AvgIpc) is 2.41. The normalized spacial score (nSPS) is 11.3. The zero-order valence-corrected chi connectivity index (χ0v) is 13.0. The van der Waals surface area contributed by atoms with Gasteiger partial charge in [-0.1, -0.05) is 11.8 Å². The third-order valence-electron chi connectivity index (χ3n) is 2.74. The molecule has 0 saturated carbocycles. The van der Waals surface area contributed by atoms with Crippen molar-refractivity contribution in [1.82, 2.24) is 9.97 Å². The fourth-order valence-electron chi connectivity index (χ4n) is 1.66. The van der Waals surface area contributed by atoms with Gasteiger partial charge in [0.15, 0.2) is 9.84 Å². The van der Waals surface area contributed by atoms with Gasteiger partial charge < -0.3 is 5.32 Å². The zero-order valence-electron chi connectivity index (χ0n) is 11.4. The van der Waals surface area contributed by atoms with Crippen molar-refractivity contribution in [2.75, 3.05) is 18.6 Å². The minimum Gasteiger partial charge on any atom is -0.373 e. The predicted octanol–water partition coefficient (Wildman–Crippen LogP) is 2.38. The number of anilines is 1. The molecule has 1 N–H and O–H groups in total. The first-order valence-corrected chi connectivity index (χ1v) is 8.60. The van der Waals surface area contributed by atoms with Gasteiger partial charge in [0.05, 0.1) is 4.90 Å². The Morgan fingerprint density at radius 2 is 1.80 bits per heavy atom. The van der Waals surface area contributed by atoms with Crippen molar-refractivity contribution in [2.45, 2.75) is 21.7 Å². The Hall–Kier alpha value is -1.60. The highest BCUT2D eigenvalue weighted by atomic mass is 32.2. The summed E-state index contributed by atoms with van der Waals surface area (Å²) in [6, 6.07) is 6.77. The van der Waals surface area contributed by atoms with E-state index in [9.17, 15) is 8.42 Å². The third kappa shape index (κ3) is 3.29. The molecule has 0 aliphatic heterocycles. The molecule has 1 aromatic carbocycles. The Morgan fingerprint density at radius 3 is 2.35 bits per heavy atom. The smallest absolute Gasteiger partial charge is 0.175 e. The van der Waals surface area contributed by atoms with E-state index in [1.54, 1.807) is 24.3 Å². The number of nitrogens with zero attached hydrogens (tertiary/aromatic N) is 2. The highest BCUT2D eigenvalue weighted by Crippen LogP contribution is 2.30. The van der Waals surface area contributed by atoms with E-state index in [1.807, 2.05) is 14.0 Å². The molecule has 2 aromatic rings. The molecule has 0 saturated heterocycles. The fraction of sp³-hybridized carbons (Fsp3) is 0.231. The highest BCUT2D eigenvalue weighted by molar-refractivity contribution is 7.99. The van der Waals surface area contributed by atoms with E-state index >= 15 is 0 Å². The molecule has 0 amide bonds. The van der Waals surface area contributed by atoms with Crippen LogP contribution in [0.5, 0.6) is 0 Å². The van der Waals surface area contributed by atoms with Crippen molar-refractivity contribution in [3.8, 4) is 0 Å². The first-order valence-electron chi connectivity index (χ1n) is 5.89. The zero-order chi connectivity index (χ0) is 14.8. The molecule has 1 heterocycles. The second-order valence-electron chi connectivity index (χ2n) is 4.25. The Labute approximate surface area is 122 Å². The van der Waals surface area contributed by atoms with Gasteiger partial charge >= 0.3 is 0 Å². The van der Waals surface area contributed by atoms with Gasteiger partial charge in [-0.05, 0) is 31.2 Å². The molecule has 0 spiro atoms. The molecule has 106 valence electrons. The van der Waals surface area contributed by atoms with Gasteiger partial charge in [0.25, 0.3) is 0 Å². The van der Waals surface area contributed by atoms with Crippen molar-refractivity contribution in [1.29, 1.82) is 0 Å². The maximum atomic E-state index is 11.4. The number of rotatable bonds is 4. The summed E-state index contributed by atoms with van der Waals surface area (Å²) in [6.07, 6.45) is 2.70. The average molecular weight is 309 g/mol. The van der Waals surface area contributed by atoms with Crippen molar-refractivity contribution in [3.63, 3.8) is 0 Å². The lowest BCUT2D eigenvalue weighted by Crippen LogP contribution is -1.98. The minimum atomic E-state index is -3.16. The molecule has 0 radical (unpaired) electrons. The van der Waals surface area contributed by atoms with Crippen LogP contribution in [0.15, 0.2) is 45.4 Å². The van der Waals surface area contributed by atoms with Crippen molar-refractivity contribution in [3.05, 3.63) is 36.2 Å². The Kier molecular flexibility index (Phi) is 4.29. The summed E-state index contributed by atoms with van der Waals surface area (Å²) in [6.45, 7) is 1.94. The summed E-state index contributed by atoms with van der Waals surface area (Å²) in [5.74, 6) is 0.787. The fourth-order valence-corrected chi connectivity index (χ4v) is 3.13. The summed E-state index contributed by atoms with van der Waals surface area (Å²) >= 11 is 1.48. The molecule has 5 nitrogen and oxygen atoms in total. The SMILES string of the molecule is CNc1ncnc(Sc2ccc(S(C)(=O)=O)cc2)c1C. The van der Waals surface area contributed by atoms with Crippen LogP contribution in [0.3, 0.4) is 0 Å². The molecule has 1 aromatic heterocycles. The summed E-state index contributed by atoms with van der Waals surface area (Å²) in [5.41, 5.74) is 0.965. The van der Waals surface area contributed by atoms with Gasteiger partial charge in [0, 0.05) is 23.8 Å². The van der Waals surface area contributed by atoms with Crippen LogP contribution in [0.1, 0.15) is 5.56 Å². The first-order chi connectivity index (χ1) is 9.41. The second-order valence-corrected chi connectivity index (χ2v) is 7.33. The predicted molar refractivity (Wildman–Crippen MR) is 80.0 cm³/mol. The quantitative estimate of drug-likeness (QED) is 0.874. The Bertz CT molecular complexity index is 713. The summed E-state index contributed by atoms with van der Waals surface area (Å²) in [5, 5.41) is 3.85. The topological polar surface area (TPSA) is 72.0 Å². The lowest BCUT2D eigenvalue weighted by Gasteiger charge is -2.08. The number of nitrogens with one attached hydrogen (secondary N) is 1. The Morgan fingerprint density at radius 1 is 1.15 bits per heavy atom. The van der Waals surface area contributed by atoms with Gasteiger partial charge in [-0.15, -0.1) is 0 Å². The molecule has 0 atom stereocenters. The van der Waals surface area contributed by atoms with E-state index in [1.165, 1.54) is 24.3 Å². The van der Waals surface area contributed by atoms with Crippen molar-refractivity contribution in [2.24, 2.45) is 0 Å². The molecule has 20 heavy (non-hydrogen) atoms. The van der Waals surface area contributed by atoms with Crippen LogP contribution < -0.4 is 5.32 Å². The summed E-state index contributed by atoms with van der Waals surface area (Å²) in [4.78, 5) is 9.63. The van der Waals surface area contributed by atoms with Crippen molar-refractivity contribution >= 4 is 27.4 Å². The number of aromatic nitrogens is 2. The molecule has 0 bridgehead atoms. The van der Waals surface area contributed by atoms with Crippen LogP contribution >= 0.6 is 11.8 Å². The number of sulfone groups is 1. The molecule has 0 aliphatic carbocycles. The highest BCUT2D eigenvalue weighted by Gasteiger charge is 2.09. The molecular weight excluding hydrogens is 294 g/mol. The van der Waals surface area contributed by atoms with Gasteiger partial charge in [-0.25, -0.2) is 18.4 Å². The van der Waals surface area contributed by atoms with Crippen LogP contribution in [0.25, 0.3) is 0 Å². The van der Waals surface area contributed by atoms with E-state index in [4.69, 9.17) is 0 Å². The van der Waals surface area contributed by atoms with Gasteiger partial charge in [0.1, 0.15) is 17.2 Å². The van der Waals surface area contributed by atoms with E-state index in [0.717, 1.165) is 21.3 Å². The third-order valence-corrected chi connectivity index (χ3v) is 4.98. The first kappa shape index (κ1) is 14.8. The molecule has 0 aliphatic rings. The summed E-state index contributed by atoms with van der Waals surface area (Å²) in [7, 11) is -1.35. The van der Waals surface area contributed by atoms with Crippen molar-refractivity contribution < 1.29 is 8.42 Å². The van der Waals surface area contributed by atoms with Gasteiger partial charge in [0.2, 0.25) is 0 Å². The van der Waals surface area contributed by atoms with Crippen LogP contribution in [-0.2, 0) is 9.84 Å². The van der Waals surface area contributed by atoms with Gasteiger partial charge in [-0.2, -0.15) is 0 Å². The van der Waals surface area contributed by atoms with E-state index < -0.39 is 9.84 Å². The molecule has 2 rings (SSSR count). The molecule has 0 fully saturated rings. The monoisotopic (exact) mass is 309 g/mol. The molecular formula is C13H15N3O2S2. The second kappa shape index (κ2) is 5.80. The lowest BCUT2D eigenvalue weighted by molar-refractivity contribution is 0.602. The maximum Gasteiger partial charge on any atom is 0.175 e. The molecule has 0 unspecified atom stereocenters. The van der Waals surface area contributed by atoms with Crippen LogP contribution in [0.4, 0.5) is 5.82 Å². The largest absolute Gasteiger partial charge is 0.373 e. The minimum absolute atomic E-state index is 0.317. The maximum absolute atomic E-state index is 11.4. The van der Waals surface area contributed by atoms with Crippen LogP contribution in [0, 0.1) is 6.92 Å². The summed E-state index contributed by atoms with van der Waals surface area (Å²) < 4.78 is 22.8. The van der Waals surface area contributed by atoms with Crippen LogP contribution in [-0.4, -0.2) is 31.7 Å². The standard InChI is InChI=1S/C13H15N3O2S2/c1-9-12(14-2)15-8-16-13(9)19-10-4-6-11(7-5-10)20(3,17)18/h4-8H,1-3H3,(H,14,15,16). The van der Waals surface area contributed by atoms with Gasteiger partial charge in [-0.3, -0.25) is 0 Å². The molecule has 7 heteroatoms. The number of hydrogen-bond donors (Lipinski definition) is 1. The van der Waals surface area contributed by atoms with Crippen LogP contribution in [0.2, 0.25) is 0 Å². The Balaban J connectivity index is 2.27. The van der Waals surface area contributed by atoms with E-state index in [0.29, 0.717) is 4.90 Å². The lowest BCUT2D eigenvalue weighted by atomic mass is 10.3. The van der Waals surface area contributed by atoms with E-state index in [-0.39, 0.29) is 0 Å². The van der Waals surface area contributed by atoms with E-state index in [2.05, 4.69) is 15.3 Å². The number of hydrogen-bond acceptors (Lipinski definition) is 6. The number of benzene rings is 1.